The van der Waals surface area contributed by atoms with Gasteiger partial charge in [-0.25, -0.2) is 17.6 Å². The molecule has 1 atom stereocenters. The molecule has 0 radical (unpaired) electrons. The van der Waals surface area contributed by atoms with Gasteiger partial charge in [-0.2, -0.15) is 5.10 Å². The fourth-order valence-electron chi connectivity index (χ4n) is 4.76. The molecule has 9 heteroatoms. The highest BCUT2D eigenvalue weighted by Crippen LogP contribution is 2.42. The SMILES string of the molecule is O=Cc1ccc(N2N=C(c3ccccc3)CC2c2c(F)c(F)c(N3CCC(Cl)CC3)c(F)c2F)cc1. The van der Waals surface area contributed by atoms with Gasteiger partial charge in [0, 0.05) is 30.5 Å². The largest absolute Gasteiger partial charge is 0.367 e. The number of hydrazone groups is 1. The lowest BCUT2D eigenvalue weighted by atomic mass is 9.96. The topological polar surface area (TPSA) is 35.9 Å². The van der Waals surface area contributed by atoms with Gasteiger partial charge in [0.15, 0.2) is 23.3 Å². The zero-order valence-corrected chi connectivity index (χ0v) is 19.9. The molecule has 186 valence electrons. The van der Waals surface area contributed by atoms with Crippen molar-refractivity contribution >= 4 is 35.0 Å². The van der Waals surface area contributed by atoms with E-state index in [-0.39, 0.29) is 24.9 Å². The second-order valence-electron chi connectivity index (χ2n) is 8.87. The van der Waals surface area contributed by atoms with Crippen LogP contribution in [0.2, 0.25) is 0 Å². The first-order chi connectivity index (χ1) is 17.4. The summed E-state index contributed by atoms with van der Waals surface area (Å²) < 4.78 is 61.8. The highest BCUT2D eigenvalue weighted by Gasteiger charge is 2.39. The Hall–Kier alpha value is -3.39. The number of anilines is 2. The van der Waals surface area contributed by atoms with E-state index >= 15 is 17.6 Å². The molecule has 5 rings (SSSR count). The Labute approximate surface area is 210 Å². The lowest BCUT2D eigenvalue weighted by Gasteiger charge is -2.32. The first-order valence-corrected chi connectivity index (χ1v) is 12.0. The van der Waals surface area contributed by atoms with Crippen LogP contribution in [0.3, 0.4) is 0 Å². The number of carbonyl (C=O) groups is 1. The summed E-state index contributed by atoms with van der Waals surface area (Å²) in [5.41, 5.74) is 0.618. The zero-order valence-electron chi connectivity index (χ0n) is 19.1. The number of piperidine rings is 1. The van der Waals surface area contributed by atoms with E-state index in [0.717, 1.165) is 5.56 Å². The Morgan fingerprint density at radius 3 is 2.06 bits per heavy atom. The number of aldehydes is 1. The number of carbonyl (C=O) groups excluding carboxylic acids is 1. The van der Waals surface area contributed by atoms with Crippen molar-refractivity contribution in [2.45, 2.75) is 30.7 Å². The third-order valence-electron chi connectivity index (χ3n) is 6.66. The molecule has 1 unspecified atom stereocenters. The zero-order chi connectivity index (χ0) is 25.4. The van der Waals surface area contributed by atoms with E-state index < -0.39 is 40.6 Å². The van der Waals surface area contributed by atoms with Crippen molar-refractivity contribution in [3.8, 4) is 0 Å². The minimum absolute atomic E-state index is 0.0170. The Balaban J connectivity index is 1.60. The van der Waals surface area contributed by atoms with Crippen molar-refractivity contribution in [1.82, 2.24) is 0 Å². The third-order valence-corrected chi connectivity index (χ3v) is 7.10. The summed E-state index contributed by atoms with van der Waals surface area (Å²) in [6.45, 7) is 0.389. The number of benzene rings is 3. The van der Waals surface area contributed by atoms with Gasteiger partial charge in [-0.1, -0.05) is 30.3 Å². The maximum atomic E-state index is 15.6. The van der Waals surface area contributed by atoms with Crippen LogP contribution in [-0.2, 0) is 0 Å². The smallest absolute Gasteiger partial charge is 0.185 e. The molecule has 0 N–H and O–H groups in total. The molecule has 0 aromatic heterocycles. The average Bonchev–Trinajstić information content (AvgIpc) is 3.34. The molecule has 2 aliphatic rings. The van der Waals surface area contributed by atoms with E-state index in [1.54, 1.807) is 36.4 Å². The first-order valence-electron chi connectivity index (χ1n) is 11.6. The number of nitrogens with zero attached hydrogens (tertiary/aromatic N) is 3. The van der Waals surface area contributed by atoms with Crippen LogP contribution in [0.1, 0.15) is 46.8 Å². The van der Waals surface area contributed by atoms with Gasteiger partial charge in [-0.05, 0) is 42.7 Å². The minimum Gasteiger partial charge on any atom is -0.367 e. The summed E-state index contributed by atoms with van der Waals surface area (Å²) in [6, 6.07) is 14.1. The second kappa shape index (κ2) is 9.93. The summed E-state index contributed by atoms with van der Waals surface area (Å²) in [6.07, 6.45) is 1.59. The van der Waals surface area contributed by atoms with E-state index in [0.29, 0.717) is 36.1 Å². The molecular formula is C27H22ClF4N3O. The van der Waals surface area contributed by atoms with Gasteiger partial charge >= 0.3 is 0 Å². The predicted octanol–water partition coefficient (Wildman–Crippen LogP) is 6.62. The first kappa shape index (κ1) is 24.3. The van der Waals surface area contributed by atoms with E-state index in [1.807, 2.05) is 6.07 Å². The number of hydrogen-bond acceptors (Lipinski definition) is 4. The van der Waals surface area contributed by atoms with E-state index in [9.17, 15) is 4.79 Å². The van der Waals surface area contributed by atoms with Crippen molar-refractivity contribution < 1.29 is 22.4 Å². The number of rotatable bonds is 5. The Morgan fingerprint density at radius 2 is 1.47 bits per heavy atom. The summed E-state index contributed by atoms with van der Waals surface area (Å²) in [7, 11) is 0. The van der Waals surface area contributed by atoms with Gasteiger partial charge in [0.1, 0.15) is 12.0 Å². The quantitative estimate of drug-likeness (QED) is 0.166. The molecule has 4 nitrogen and oxygen atoms in total. The average molecular weight is 516 g/mol. The van der Waals surface area contributed by atoms with Crippen LogP contribution in [0.15, 0.2) is 59.7 Å². The molecule has 0 spiro atoms. The number of alkyl halides is 1. The number of hydrogen-bond donors (Lipinski definition) is 0. The maximum Gasteiger partial charge on any atom is 0.185 e. The van der Waals surface area contributed by atoms with Gasteiger partial charge in [0.25, 0.3) is 0 Å². The molecule has 36 heavy (non-hydrogen) atoms. The standard InChI is InChI=1S/C27H22ClF4N3O/c28-18-10-12-34(13-11-18)27-25(31)23(29)22(24(30)26(27)32)21-14-20(17-4-2-1-3-5-17)33-35(21)19-8-6-16(15-36)7-9-19/h1-9,15,18,21H,10-14H2. The maximum absolute atomic E-state index is 15.6. The fourth-order valence-corrected chi connectivity index (χ4v) is 4.96. The van der Waals surface area contributed by atoms with Gasteiger partial charge in [-0.15, -0.1) is 11.6 Å². The summed E-state index contributed by atoms with van der Waals surface area (Å²) >= 11 is 6.08. The molecule has 2 aliphatic heterocycles. The highest BCUT2D eigenvalue weighted by atomic mass is 35.5. The normalized spacial score (nSPS) is 18.5. The summed E-state index contributed by atoms with van der Waals surface area (Å²) in [4.78, 5) is 12.4. The molecule has 2 heterocycles. The molecule has 0 aliphatic carbocycles. The van der Waals surface area contributed by atoms with E-state index in [1.165, 1.54) is 22.0 Å². The van der Waals surface area contributed by atoms with Gasteiger partial charge in [-0.3, -0.25) is 9.80 Å². The van der Waals surface area contributed by atoms with Crippen molar-refractivity contribution in [3.63, 3.8) is 0 Å². The van der Waals surface area contributed by atoms with Crippen LogP contribution in [0, 0.1) is 23.3 Å². The summed E-state index contributed by atoms with van der Waals surface area (Å²) in [5.74, 6) is -5.75. The molecule has 3 aromatic rings. The molecular weight excluding hydrogens is 494 g/mol. The van der Waals surface area contributed by atoms with Crippen molar-refractivity contribution in [2.24, 2.45) is 5.10 Å². The molecule has 0 bridgehead atoms. The monoisotopic (exact) mass is 515 g/mol. The van der Waals surface area contributed by atoms with Crippen LogP contribution >= 0.6 is 11.6 Å². The van der Waals surface area contributed by atoms with Gasteiger partial charge < -0.3 is 4.90 Å². The Kier molecular flexibility index (Phi) is 6.71. The van der Waals surface area contributed by atoms with Crippen molar-refractivity contribution in [2.75, 3.05) is 23.0 Å². The lowest BCUT2D eigenvalue weighted by molar-refractivity contribution is 0.112. The van der Waals surface area contributed by atoms with Crippen LogP contribution in [0.5, 0.6) is 0 Å². The molecule has 0 saturated carbocycles. The van der Waals surface area contributed by atoms with Crippen molar-refractivity contribution in [3.05, 3.63) is 94.6 Å². The van der Waals surface area contributed by atoms with Gasteiger partial charge in [0.2, 0.25) is 0 Å². The summed E-state index contributed by atoms with van der Waals surface area (Å²) in [5, 5.41) is 5.76. The molecule has 3 aromatic carbocycles. The van der Waals surface area contributed by atoms with Crippen LogP contribution in [-0.4, -0.2) is 30.5 Å². The highest BCUT2D eigenvalue weighted by molar-refractivity contribution is 6.20. The van der Waals surface area contributed by atoms with Crippen molar-refractivity contribution in [1.29, 1.82) is 0 Å². The fraction of sp³-hybridized carbons (Fsp3) is 0.259. The molecule has 1 fully saturated rings. The lowest BCUT2D eigenvalue weighted by Crippen LogP contribution is -2.36. The Bertz CT molecular complexity index is 1280. The van der Waals surface area contributed by atoms with Crippen LogP contribution in [0.4, 0.5) is 28.9 Å². The molecule has 1 saturated heterocycles. The van der Waals surface area contributed by atoms with Crippen LogP contribution in [0.25, 0.3) is 0 Å². The third kappa shape index (κ3) is 4.34. The van der Waals surface area contributed by atoms with Gasteiger partial charge in [0.05, 0.1) is 23.0 Å². The van der Waals surface area contributed by atoms with E-state index in [4.69, 9.17) is 11.6 Å². The second-order valence-corrected chi connectivity index (χ2v) is 9.48. The Morgan fingerprint density at radius 1 is 0.861 bits per heavy atom. The number of halogens is 5. The minimum atomic E-state index is -1.44. The predicted molar refractivity (Wildman–Crippen MR) is 132 cm³/mol. The van der Waals surface area contributed by atoms with E-state index in [2.05, 4.69) is 5.10 Å². The molecule has 0 amide bonds. The van der Waals surface area contributed by atoms with Crippen LogP contribution < -0.4 is 9.91 Å².